The highest BCUT2D eigenvalue weighted by Gasteiger charge is 2.26. The quantitative estimate of drug-likeness (QED) is 0.467. The number of aliphatic hydroxyl groups is 2. The molecule has 1 fully saturated rings. The van der Waals surface area contributed by atoms with Gasteiger partial charge in [0.2, 0.25) is 0 Å². The monoisotopic (exact) mass is 159 g/mol. The molecular formula is C8H17NO2. The minimum Gasteiger partial charge on any atom is -0.390 e. The Morgan fingerprint density at radius 1 is 1.18 bits per heavy atom. The minimum atomic E-state index is -0.581. The zero-order valence-electron chi connectivity index (χ0n) is 6.95. The Hall–Kier alpha value is -0.120. The first-order chi connectivity index (χ1) is 5.25. The molecule has 0 heterocycles. The maximum absolute atomic E-state index is 9.50. The first kappa shape index (κ1) is 8.97. The Morgan fingerprint density at radius 2 is 1.82 bits per heavy atom. The Bertz CT molecular complexity index is 119. The molecule has 3 nitrogen and oxygen atoms in total. The number of nitrogens with one attached hydrogen (secondary N) is 1. The highest BCUT2D eigenvalue weighted by Crippen LogP contribution is 2.18. The fraction of sp³-hybridized carbons (Fsp3) is 1.00. The van der Waals surface area contributed by atoms with Crippen LogP contribution in [0.4, 0.5) is 0 Å². The molecule has 1 aliphatic carbocycles. The number of hydrogen-bond donors (Lipinski definition) is 3. The van der Waals surface area contributed by atoms with E-state index in [2.05, 4.69) is 5.32 Å². The van der Waals surface area contributed by atoms with Crippen LogP contribution in [0.15, 0.2) is 0 Å². The van der Waals surface area contributed by atoms with Crippen molar-refractivity contribution in [1.29, 1.82) is 0 Å². The lowest BCUT2D eigenvalue weighted by Gasteiger charge is -2.22. The van der Waals surface area contributed by atoms with Crippen LogP contribution >= 0.6 is 0 Å². The van der Waals surface area contributed by atoms with Crippen LogP contribution in [-0.2, 0) is 0 Å². The van der Waals surface area contributed by atoms with Gasteiger partial charge >= 0.3 is 0 Å². The van der Waals surface area contributed by atoms with Gasteiger partial charge in [0.1, 0.15) is 0 Å². The molecule has 0 aliphatic heterocycles. The van der Waals surface area contributed by atoms with Gasteiger partial charge in [0.15, 0.2) is 0 Å². The molecule has 0 aromatic rings. The summed E-state index contributed by atoms with van der Waals surface area (Å²) in [7, 11) is 1.83. The minimum absolute atomic E-state index is 0.0764. The van der Waals surface area contributed by atoms with E-state index in [9.17, 15) is 10.2 Å². The van der Waals surface area contributed by atoms with Crippen molar-refractivity contribution in [2.45, 2.75) is 43.9 Å². The van der Waals surface area contributed by atoms with Crippen LogP contribution < -0.4 is 5.32 Å². The summed E-state index contributed by atoms with van der Waals surface area (Å²) >= 11 is 0. The maximum atomic E-state index is 9.50. The first-order valence-corrected chi connectivity index (χ1v) is 4.29. The third-order valence-corrected chi connectivity index (χ3v) is 2.44. The summed E-state index contributed by atoms with van der Waals surface area (Å²) in [5.74, 6) is 0. The lowest BCUT2D eigenvalue weighted by Crippen LogP contribution is -2.43. The molecule has 0 unspecified atom stereocenters. The Labute approximate surface area is 67.4 Å². The van der Waals surface area contributed by atoms with Crippen molar-refractivity contribution >= 4 is 0 Å². The normalized spacial score (nSPS) is 40.1. The van der Waals surface area contributed by atoms with Gasteiger partial charge in [0, 0.05) is 6.04 Å². The second kappa shape index (κ2) is 4.04. The zero-order valence-corrected chi connectivity index (χ0v) is 6.95. The molecular weight excluding hydrogens is 142 g/mol. The summed E-state index contributed by atoms with van der Waals surface area (Å²) in [6.45, 7) is 0. The summed E-state index contributed by atoms with van der Waals surface area (Å²) in [6, 6.07) is 0.0764. The predicted molar refractivity (Wildman–Crippen MR) is 43.3 cm³/mol. The van der Waals surface area contributed by atoms with Gasteiger partial charge in [-0.15, -0.1) is 0 Å². The fourth-order valence-electron chi connectivity index (χ4n) is 1.64. The van der Waals surface area contributed by atoms with E-state index in [0.29, 0.717) is 0 Å². The summed E-state index contributed by atoms with van der Waals surface area (Å²) in [5.41, 5.74) is 0. The molecule has 0 spiro atoms. The largest absolute Gasteiger partial charge is 0.390 e. The van der Waals surface area contributed by atoms with Gasteiger partial charge in [-0.25, -0.2) is 0 Å². The Kier molecular flexibility index (Phi) is 3.30. The van der Waals surface area contributed by atoms with Crippen molar-refractivity contribution in [3.05, 3.63) is 0 Å². The van der Waals surface area contributed by atoms with E-state index >= 15 is 0 Å². The number of aliphatic hydroxyl groups excluding tert-OH is 2. The van der Waals surface area contributed by atoms with E-state index in [1.165, 1.54) is 0 Å². The van der Waals surface area contributed by atoms with Gasteiger partial charge in [-0.2, -0.15) is 0 Å². The van der Waals surface area contributed by atoms with Gasteiger partial charge in [0.05, 0.1) is 12.2 Å². The molecule has 3 atom stereocenters. The molecule has 0 aromatic heterocycles. The zero-order chi connectivity index (χ0) is 8.27. The first-order valence-electron chi connectivity index (χ1n) is 4.29. The second-order valence-electron chi connectivity index (χ2n) is 3.24. The van der Waals surface area contributed by atoms with E-state index in [4.69, 9.17) is 0 Å². The van der Waals surface area contributed by atoms with Crippen LogP contribution in [0.1, 0.15) is 25.7 Å². The van der Waals surface area contributed by atoms with Crippen molar-refractivity contribution in [3.63, 3.8) is 0 Å². The highest BCUT2D eigenvalue weighted by molar-refractivity contribution is 4.83. The van der Waals surface area contributed by atoms with Gasteiger partial charge in [-0.1, -0.05) is 12.8 Å². The molecule has 0 aromatic carbocycles. The number of hydrogen-bond acceptors (Lipinski definition) is 3. The van der Waals surface area contributed by atoms with E-state index in [1.54, 1.807) is 0 Å². The standard InChI is InChI=1S/C8H17NO2/c1-9-6-4-2-3-5-7(10)8(6)11/h6-11H,2-5H2,1H3/t6-,7+,8-/m0/s1. The smallest absolute Gasteiger partial charge is 0.0951 e. The summed E-state index contributed by atoms with van der Waals surface area (Å²) in [4.78, 5) is 0. The Morgan fingerprint density at radius 3 is 2.45 bits per heavy atom. The SMILES string of the molecule is CN[C@H]1CCCC[C@@H](O)[C@H]1O. The molecule has 0 saturated heterocycles. The van der Waals surface area contributed by atoms with Crippen LogP contribution in [0.3, 0.4) is 0 Å². The summed E-state index contributed by atoms with van der Waals surface area (Å²) < 4.78 is 0. The maximum Gasteiger partial charge on any atom is 0.0951 e. The van der Waals surface area contributed by atoms with Crippen LogP contribution in [0, 0.1) is 0 Å². The van der Waals surface area contributed by atoms with Crippen molar-refractivity contribution in [2.75, 3.05) is 7.05 Å². The van der Waals surface area contributed by atoms with Gasteiger partial charge < -0.3 is 15.5 Å². The lowest BCUT2D eigenvalue weighted by atomic mass is 10.0. The number of likely N-dealkylation sites (N-methyl/N-ethyl adjacent to an activating group) is 1. The molecule has 1 rings (SSSR count). The molecule has 1 saturated carbocycles. The van der Waals surface area contributed by atoms with Crippen molar-refractivity contribution in [3.8, 4) is 0 Å². The fourth-order valence-corrected chi connectivity index (χ4v) is 1.64. The second-order valence-corrected chi connectivity index (χ2v) is 3.24. The van der Waals surface area contributed by atoms with Crippen LogP contribution in [0.5, 0.6) is 0 Å². The molecule has 1 aliphatic rings. The molecule has 0 radical (unpaired) electrons. The van der Waals surface area contributed by atoms with E-state index in [0.717, 1.165) is 25.7 Å². The predicted octanol–water partition coefficient (Wildman–Crippen LogP) is -0.130. The molecule has 3 N–H and O–H groups in total. The van der Waals surface area contributed by atoms with Crippen molar-refractivity contribution in [1.82, 2.24) is 5.32 Å². The van der Waals surface area contributed by atoms with Gasteiger partial charge in [0.25, 0.3) is 0 Å². The molecule has 3 heteroatoms. The Balaban J connectivity index is 2.49. The average Bonchev–Trinajstić information content (AvgIpc) is 2.16. The van der Waals surface area contributed by atoms with Crippen LogP contribution in [0.25, 0.3) is 0 Å². The summed E-state index contributed by atoms with van der Waals surface area (Å²) in [6.07, 6.45) is 2.71. The molecule has 66 valence electrons. The third kappa shape index (κ3) is 2.15. The topological polar surface area (TPSA) is 52.5 Å². The van der Waals surface area contributed by atoms with Gasteiger partial charge in [-0.05, 0) is 19.9 Å². The van der Waals surface area contributed by atoms with E-state index in [1.807, 2.05) is 7.05 Å². The van der Waals surface area contributed by atoms with E-state index in [-0.39, 0.29) is 6.04 Å². The van der Waals surface area contributed by atoms with Crippen molar-refractivity contribution < 1.29 is 10.2 Å². The molecule has 0 amide bonds. The van der Waals surface area contributed by atoms with Crippen LogP contribution in [0.2, 0.25) is 0 Å². The molecule has 0 bridgehead atoms. The van der Waals surface area contributed by atoms with Crippen molar-refractivity contribution in [2.24, 2.45) is 0 Å². The number of rotatable bonds is 1. The molecule has 11 heavy (non-hydrogen) atoms. The summed E-state index contributed by atoms with van der Waals surface area (Å²) in [5, 5.41) is 21.9. The average molecular weight is 159 g/mol. The van der Waals surface area contributed by atoms with Crippen LogP contribution in [-0.4, -0.2) is 35.5 Å². The third-order valence-electron chi connectivity index (χ3n) is 2.44. The lowest BCUT2D eigenvalue weighted by molar-refractivity contribution is -0.000408. The highest BCUT2D eigenvalue weighted by atomic mass is 16.3. The van der Waals surface area contributed by atoms with Gasteiger partial charge in [-0.3, -0.25) is 0 Å². The van der Waals surface area contributed by atoms with E-state index < -0.39 is 12.2 Å².